The lowest BCUT2D eigenvalue weighted by atomic mass is 10.0. The van der Waals surface area contributed by atoms with Crippen molar-refractivity contribution in [1.82, 2.24) is 24.4 Å². The largest absolute Gasteiger partial charge is 0.417 e. The predicted molar refractivity (Wildman–Crippen MR) is 164 cm³/mol. The number of alkyl halides is 3. The summed E-state index contributed by atoms with van der Waals surface area (Å²) in [6.45, 7) is 9.04. The zero-order chi connectivity index (χ0) is 34.6. The molecule has 1 amide bonds. The highest BCUT2D eigenvalue weighted by Gasteiger charge is 2.36. The van der Waals surface area contributed by atoms with Crippen LogP contribution in [0.25, 0.3) is 28.0 Å². The Morgan fingerprint density at radius 1 is 1.11 bits per heavy atom. The summed E-state index contributed by atoms with van der Waals surface area (Å²) in [5.41, 5.74) is -4.91. The van der Waals surface area contributed by atoms with Crippen molar-refractivity contribution in [2.75, 3.05) is 30.8 Å². The number of carbonyl (C=O) groups is 1. The van der Waals surface area contributed by atoms with Crippen molar-refractivity contribution >= 4 is 32.6 Å². The minimum absolute atomic E-state index is 0.0939. The number of piperazine rings is 1. The number of rotatable bonds is 6. The van der Waals surface area contributed by atoms with Crippen molar-refractivity contribution in [2.45, 2.75) is 43.8 Å². The zero-order valence-electron chi connectivity index (χ0n) is 25.6. The van der Waals surface area contributed by atoms with E-state index in [-0.39, 0.29) is 53.0 Å². The summed E-state index contributed by atoms with van der Waals surface area (Å²) >= 11 is 0. The Bertz CT molecular complexity index is 2100. The first-order valence-corrected chi connectivity index (χ1v) is 16.2. The smallest absolute Gasteiger partial charge is 0.350 e. The van der Waals surface area contributed by atoms with Crippen molar-refractivity contribution in [3.05, 3.63) is 82.6 Å². The number of pyridine rings is 2. The predicted octanol–water partition coefficient (Wildman–Crippen LogP) is 4.89. The lowest BCUT2D eigenvalue weighted by Crippen LogP contribution is -2.54. The third-order valence-corrected chi connectivity index (χ3v) is 8.94. The topological polar surface area (TPSA) is 118 Å². The normalized spacial score (nSPS) is 15.8. The summed E-state index contributed by atoms with van der Waals surface area (Å²) in [7, 11) is -4.07. The van der Waals surface area contributed by atoms with E-state index in [1.54, 1.807) is 25.7 Å². The van der Waals surface area contributed by atoms with Crippen molar-refractivity contribution < 1.29 is 35.2 Å². The number of benzene rings is 1. The zero-order valence-corrected chi connectivity index (χ0v) is 26.5. The van der Waals surface area contributed by atoms with Crippen LogP contribution in [0.4, 0.5) is 27.8 Å². The summed E-state index contributed by atoms with van der Waals surface area (Å²) in [5.74, 6) is -3.29. The van der Waals surface area contributed by atoms with Gasteiger partial charge < -0.3 is 9.80 Å². The number of halogens is 5. The molecule has 0 bridgehead atoms. The van der Waals surface area contributed by atoms with E-state index in [2.05, 4.69) is 21.5 Å². The van der Waals surface area contributed by atoms with Crippen LogP contribution in [0.5, 0.6) is 0 Å². The van der Waals surface area contributed by atoms with Crippen LogP contribution in [0.1, 0.15) is 37.9 Å². The van der Waals surface area contributed by atoms with Crippen molar-refractivity contribution in [3.8, 4) is 16.9 Å². The second-order valence-corrected chi connectivity index (χ2v) is 13.4. The monoisotopic (exact) mass is 676 g/mol. The molecule has 1 saturated heterocycles. The molecule has 248 valence electrons. The molecular formula is C31H29F5N6O4S. The first-order valence-electron chi connectivity index (χ1n) is 14.3. The molecule has 1 aliphatic rings. The molecule has 4 heterocycles. The number of aromatic nitrogens is 4. The summed E-state index contributed by atoms with van der Waals surface area (Å²) < 4.78 is 99.3. The van der Waals surface area contributed by atoms with E-state index in [1.165, 1.54) is 11.1 Å². The van der Waals surface area contributed by atoms with Crippen LogP contribution in [-0.4, -0.2) is 70.7 Å². The van der Waals surface area contributed by atoms with Gasteiger partial charge in [0.15, 0.2) is 15.5 Å². The molecule has 0 saturated carbocycles. The van der Waals surface area contributed by atoms with E-state index in [9.17, 15) is 35.6 Å². The van der Waals surface area contributed by atoms with E-state index >= 15 is 4.39 Å². The molecule has 47 heavy (non-hydrogen) atoms. The third-order valence-electron chi connectivity index (χ3n) is 7.81. The maximum atomic E-state index is 16.0. The minimum Gasteiger partial charge on any atom is -0.350 e. The molecule has 1 fully saturated rings. The number of sulfone groups is 1. The number of anilines is 1. The number of hydrogen-bond acceptors (Lipinski definition) is 8. The van der Waals surface area contributed by atoms with E-state index < -0.39 is 67.8 Å². The standard InChI is InChI=1S/C31H29F5N6O4S/c1-6-24(43)40-11-12-41(17(4)15-40)28-20-14-22(33)26(19-13-18(32)7-8-21(19)31(34,35)36)38-29(20)42(30(44)39-28)27-23(47(5,45)46)9-10-37-25(27)16(2)3/h6-10,13-14,16-17H,1,11-12,15H2,2-5H3/t17-/m0/s1. The second kappa shape index (κ2) is 12.1. The molecule has 0 unspecified atom stereocenters. The van der Waals surface area contributed by atoms with Gasteiger partial charge in [0.25, 0.3) is 0 Å². The second-order valence-electron chi connectivity index (χ2n) is 11.4. The van der Waals surface area contributed by atoms with Gasteiger partial charge in [-0.1, -0.05) is 20.4 Å². The minimum atomic E-state index is -5.04. The number of carbonyl (C=O) groups excluding carboxylic acids is 1. The lowest BCUT2D eigenvalue weighted by molar-refractivity contribution is -0.137. The number of nitrogens with zero attached hydrogens (tertiary/aromatic N) is 6. The quantitative estimate of drug-likeness (QED) is 0.209. The molecule has 0 spiro atoms. The van der Waals surface area contributed by atoms with Crippen molar-refractivity contribution in [1.29, 1.82) is 0 Å². The van der Waals surface area contributed by atoms with Gasteiger partial charge in [0.05, 0.1) is 27.2 Å². The molecule has 0 radical (unpaired) electrons. The molecule has 1 aromatic carbocycles. The molecule has 1 atom stereocenters. The third kappa shape index (κ3) is 6.21. The molecule has 0 aliphatic carbocycles. The van der Waals surface area contributed by atoms with Gasteiger partial charge in [-0.3, -0.25) is 9.78 Å². The lowest BCUT2D eigenvalue weighted by Gasteiger charge is -2.40. The maximum absolute atomic E-state index is 16.0. The van der Waals surface area contributed by atoms with Gasteiger partial charge in [-0.25, -0.2) is 31.5 Å². The van der Waals surface area contributed by atoms with Gasteiger partial charge in [-0.15, -0.1) is 0 Å². The van der Waals surface area contributed by atoms with Gasteiger partial charge in [0.1, 0.15) is 23.1 Å². The first kappa shape index (κ1) is 33.6. The molecule has 4 aromatic rings. The van der Waals surface area contributed by atoms with Gasteiger partial charge >= 0.3 is 11.9 Å². The number of fused-ring (bicyclic) bond motifs is 1. The Morgan fingerprint density at radius 3 is 2.40 bits per heavy atom. The summed E-state index contributed by atoms with van der Waals surface area (Å²) in [6, 6.07) is 3.00. The van der Waals surface area contributed by atoms with Crippen LogP contribution in [0, 0.1) is 11.6 Å². The van der Waals surface area contributed by atoms with Gasteiger partial charge in [0.2, 0.25) is 5.91 Å². The fourth-order valence-electron chi connectivity index (χ4n) is 5.67. The van der Waals surface area contributed by atoms with E-state index in [4.69, 9.17) is 0 Å². The highest BCUT2D eigenvalue weighted by molar-refractivity contribution is 7.90. The van der Waals surface area contributed by atoms with Crippen LogP contribution < -0.4 is 10.6 Å². The van der Waals surface area contributed by atoms with Crippen LogP contribution in [0.3, 0.4) is 0 Å². The van der Waals surface area contributed by atoms with Crippen molar-refractivity contribution in [3.63, 3.8) is 0 Å². The molecule has 16 heteroatoms. The van der Waals surface area contributed by atoms with Gasteiger partial charge in [-0.05, 0) is 49.2 Å². The Hall–Kier alpha value is -4.73. The molecule has 5 rings (SSSR count). The van der Waals surface area contributed by atoms with Gasteiger partial charge in [0, 0.05) is 43.7 Å². The Morgan fingerprint density at radius 2 is 1.81 bits per heavy atom. The number of hydrogen-bond donors (Lipinski definition) is 0. The maximum Gasteiger partial charge on any atom is 0.417 e. The van der Waals surface area contributed by atoms with Crippen LogP contribution in [-0.2, 0) is 20.8 Å². The molecule has 3 aromatic heterocycles. The summed E-state index contributed by atoms with van der Waals surface area (Å²) in [4.78, 5) is 41.8. The Balaban J connectivity index is 1.92. The fraction of sp³-hybridized carbons (Fsp3) is 0.323. The molecular weight excluding hydrogens is 647 g/mol. The fourth-order valence-corrected chi connectivity index (χ4v) is 6.53. The average molecular weight is 677 g/mol. The summed E-state index contributed by atoms with van der Waals surface area (Å²) in [6.07, 6.45) is -1.75. The Kier molecular flexibility index (Phi) is 8.68. The van der Waals surface area contributed by atoms with E-state index in [1.807, 2.05) is 0 Å². The van der Waals surface area contributed by atoms with Crippen LogP contribution >= 0.6 is 0 Å². The highest BCUT2D eigenvalue weighted by atomic mass is 32.2. The van der Waals surface area contributed by atoms with E-state index in [0.717, 1.165) is 29.0 Å². The Labute approximate surface area is 266 Å². The van der Waals surface area contributed by atoms with E-state index in [0.29, 0.717) is 18.2 Å². The number of amides is 1. The molecule has 0 N–H and O–H groups in total. The SMILES string of the molecule is C=CC(=O)N1CCN(c2nc(=O)n(-c3c(S(C)(=O)=O)ccnc3C(C)C)c3nc(-c4cc(F)ccc4C(F)(F)F)c(F)cc23)[C@@H](C)C1. The van der Waals surface area contributed by atoms with Gasteiger partial charge in [-0.2, -0.15) is 18.2 Å². The van der Waals surface area contributed by atoms with Crippen LogP contribution in [0.2, 0.25) is 0 Å². The average Bonchev–Trinajstić information content (AvgIpc) is 2.98. The molecule has 1 aliphatic heterocycles. The van der Waals surface area contributed by atoms with Crippen LogP contribution in [0.15, 0.2) is 58.9 Å². The highest BCUT2D eigenvalue weighted by Crippen LogP contribution is 2.40. The first-order chi connectivity index (χ1) is 21.9. The van der Waals surface area contributed by atoms with Crippen molar-refractivity contribution in [2.24, 2.45) is 0 Å². The summed E-state index contributed by atoms with van der Waals surface area (Å²) in [5, 5.41) is -0.149. The molecule has 10 nitrogen and oxygen atoms in total.